The SMILES string of the molecule is O[C@@H]1[C@@H](OCc2cn([C@@H]3OC[C@@H](O)[C@H](O)[C@H]3O)nn2)OC[C@H](O)[C@H]1O. The third-order valence-corrected chi connectivity index (χ3v) is 4.14. The van der Waals surface area contributed by atoms with Crippen LogP contribution in [0.15, 0.2) is 6.20 Å². The first-order valence-corrected chi connectivity index (χ1v) is 7.72. The topological polar surface area (TPSA) is 180 Å². The van der Waals surface area contributed by atoms with Crippen molar-refractivity contribution in [1.82, 2.24) is 15.0 Å². The lowest BCUT2D eigenvalue weighted by atomic mass is 10.0. The molecular weight excluding hydrogens is 342 g/mol. The number of aliphatic hydroxyl groups excluding tert-OH is 6. The van der Waals surface area contributed by atoms with Crippen molar-refractivity contribution in [2.24, 2.45) is 0 Å². The zero-order valence-electron chi connectivity index (χ0n) is 13.1. The summed E-state index contributed by atoms with van der Waals surface area (Å²) < 4.78 is 16.8. The molecule has 0 aliphatic carbocycles. The number of aromatic nitrogens is 3. The van der Waals surface area contributed by atoms with Crippen LogP contribution in [0.3, 0.4) is 0 Å². The second-order valence-corrected chi connectivity index (χ2v) is 6.02. The van der Waals surface area contributed by atoms with Crippen LogP contribution in [0.25, 0.3) is 0 Å². The van der Waals surface area contributed by atoms with Gasteiger partial charge in [-0.25, -0.2) is 4.68 Å². The molecule has 12 heteroatoms. The van der Waals surface area contributed by atoms with Crippen LogP contribution in [0, 0.1) is 0 Å². The molecule has 2 saturated heterocycles. The standard InChI is InChI=1S/C13H21N3O9/c17-6-3-23-12(10(21)8(6)19)16-1-5(14-15-16)2-24-13-11(22)9(20)7(18)4-25-13/h1,6-13,17-22H,2-4H2/t6-,7+,8+,9-,10-,11+,12-,13+/m1/s1. The maximum Gasteiger partial charge on any atom is 0.186 e. The molecule has 25 heavy (non-hydrogen) atoms. The molecule has 3 rings (SSSR count). The molecule has 0 spiro atoms. The molecule has 2 aliphatic heterocycles. The molecule has 0 unspecified atom stereocenters. The molecule has 2 aliphatic rings. The highest BCUT2D eigenvalue weighted by Gasteiger charge is 2.40. The lowest BCUT2D eigenvalue weighted by Crippen LogP contribution is -2.53. The Morgan fingerprint density at radius 3 is 2.32 bits per heavy atom. The zero-order valence-corrected chi connectivity index (χ0v) is 13.1. The second-order valence-electron chi connectivity index (χ2n) is 6.02. The number of aliphatic hydroxyl groups is 6. The Morgan fingerprint density at radius 2 is 1.60 bits per heavy atom. The van der Waals surface area contributed by atoms with Gasteiger partial charge in [0.05, 0.1) is 26.0 Å². The van der Waals surface area contributed by atoms with E-state index >= 15 is 0 Å². The summed E-state index contributed by atoms with van der Waals surface area (Å²) in [6.07, 6.45) is -8.71. The highest BCUT2D eigenvalue weighted by Crippen LogP contribution is 2.24. The van der Waals surface area contributed by atoms with Crippen molar-refractivity contribution in [3.8, 4) is 0 Å². The van der Waals surface area contributed by atoms with Gasteiger partial charge in [-0.3, -0.25) is 0 Å². The van der Waals surface area contributed by atoms with Crippen molar-refractivity contribution in [3.05, 3.63) is 11.9 Å². The molecule has 0 bridgehead atoms. The van der Waals surface area contributed by atoms with Crippen molar-refractivity contribution in [1.29, 1.82) is 0 Å². The molecule has 2 fully saturated rings. The maximum atomic E-state index is 9.93. The van der Waals surface area contributed by atoms with Gasteiger partial charge in [-0.2, -0.15) is 0 Å². The van der Waals surface area contributed by atoms with E-state index in [9.17, 15) is 30.6 Å². The lowest BCUT2D eigenvalue weighted by molar-refractivity contribution is -0.273. The van der Waals surface area contributed by atoms with Gasteiger partial charge in [-0.1, -0.05) is 5.21 Å². The molecule has 12 nitrogen and oxygen atoms in total. The van der Waals surface area contributed by atoms with E-state index in [1.165, 1.54) is 10.9 Å². The van der Waals surface area contributed by atoms with Crippen LogP contribution in [0.2, 0.25) is 0 Å². The summed E-state index contributed by atoms with van der Waals surface area (Å²) >= 11 is 0. The Morgan fingerprint density at radius 1 is 0.960 bits per heavy atom. The van der Waals surface area contributed by atoms with Gasteiger partial charge in [0.1, 0.15) is 42.3 Å². The predicted octanol–water partition coefficient (Wildman–Crippen LogP) is -4.15. The Hall–Kier alpha value is -1.22. The first kappa shape index (κ1) is 18.6. The molecule has 1 aromatic rings. The number of rotatable bonds is 4. The van der Waals surface area contributed by atoms with Gasteiger partial charge in [0, 0.05) is 0 Å². The molecule has 1 aromatic heterocycles. The van der Waals surface area contributed by atoms with Gasteiger partial charge >= 0.3 is 0 Å². The zero-order chi connectivity index (χ0) is 18.1. The molecule has 3 heterocycles. The average Bonchev–Trinajstić information content (AvgIpc) is 3.06. The van der Waals surface area contributed by atoms with E-state index in [0.29, 0.717) is 5.69 Å². The summed E-state index contributed by atoms with van der Waals surface area (Å²) in [4.78, 5) is 0. The van der Waals surface area contributed by atoms with Crippen molar-refractivity contribution >= 4 is 0 Å². The van der Waals surface area contributed by atoms with E-state index in [-0.39, 0.29) is 19.8 Å². The van der Waals surface area contributed by atoms with Gasteiger partial charge in [-0.05, 0) is 0 Å². The number of nitrogens with zero attached hydrogens (tertiary/aromatic N) is 3. The van der Waals surface area contributed by atoms with Gasteiger partial charge in [0.25, 0.3) is 0 Å². The third kappa shape index (κ3) is 3.81. The molecule has 8 atom stereocenters. The molecular formula is C13H21N3O9. The lowest BCUT2D eigenvalue weighted by Gasteiger charge is -2.34. The fourth-order valence-electron chi connectivity index (χ4n) is 2.62. The average molecular weight is 363 g/mol. The first-order chi connectivity index (χ1) is 11.9. The van der Waals surface area contributed by atoms with Crippen LogP contribution in [-0.4, -0.2) is 102 Å². The monoisotopic (exact) mass is 363 g/mol. The van der Waals surface area contributed by atoms with Crippen LogP contribution in [-0.2, 0) is 20.8 Å². The van der Waals surface area contributed by atoms with E-state index in [1.54, 1.807) is 0 Å². The van der Waals surface area contributed by atoms with Gasteiger partial charge < -0.3 is 44.8 Å². The Kier molecular flexibility index (Phi) is 5.62. The minimum absolute atomic E-state index is 0.126. The van der Waals surface area contributed by atoms with Gasteiger partial charge in [-0.15, -0.1) is 5.10 Å². The summed E-state index contributed by atoms with van der Waals surface area (Å²) in [5.74, 6) is 0. The Bertz CT molecular complexity index is 573. The predicted molar refractivity (Wildman–Crippen MR) is 75.6 cm³/mol. The fourth-order valence-corrected chi connectivity index (χ4v) is 2.62. The van der Waals surface area contributed by atoms with Gasteiger partial charge in [0.15, 0.2) is 12.5 Å². The maximum absolute atomic E-state index is 9.93. The largest absolute Gasteiger partial charge is 0.388 e. The van der Waals surface area contributed by atoms with E-state index in [0.717, 1.165) is 0 Å². The molecule has 142 valence electrons. The molecule has 0 amide bonds. The van der Waals surface area contributed by atoms with Crippen LogP contribution in [0.1, 0.15) is 11.9 Å². The second kappa shape index (κ2) is 7.57. The van der Waals surface area contributed by atoms with E-state index in [4.69, 9.17) is 14.2 Å². The quantitative estimate of drug-likeness (QED) is 0.306. The van der Waals surface area contributed by atoms with Crippen molar-refractivity contribution < 1.29 is 44.8 Å². The van der Waals surface area contributed by atoms with E-state index in [1.807, 2.05) is 0 Å². The Labute approximate surface area is 141 Å². The summed E-state index contributed by atoms with van der Waals surface area (Å²) in [6, 6.07) is 0. The van der Waals surface area contributed by atoms with Gasteiger partial charge in [0.2, 0.25) is 0 Å². The fraction of sp³-hybridized carbons (Fsp3) is 0.846. The summed E-state index contributed by atoms with van der Waals surface area (Å²) in [6.45, 7) is -0.479. The van der Waals surface area contributed by atoms with E-state index in [2.05, 4.69) is 10.3 Å². The smallest absolute Gasteiger partial charge is 0.186 e. The highest BCUT2D eigenvalue weighted by molar-refractivity contribution is 4.94. The van der Waals surface area contributed by atoms with Crippen LogP contribution >= 0.6 is 0 Å². The summed E-state index contributed by atoms with van der Waals surface area (Å²) in [5.41, 5.74) is 0.313. The Balaban J connectivity index is 1.57. The number of ether oxygens (including phenoxy) is 3. The first-order valence-electron chi connectivity index (χ1n) is 7.72. The molecule has 0 radical (unpaired) electrons. The van der Waals surface area contributed by atoms with E-state index < -0.39 is 49.1 Å². The third-order valence-electron chi connectivity index (χ3n) is 4.14. The van der Waals surface area contributed by atoms with Crippen LogP contribution < -0.4 is 0 Å². The minimum atomic E-state index is -1.42. The number of hydrogen-bond donors (Lipinski definition) is 6. The van der Waals surface area contributed by atoms with Crippen molar-refractivity contribution in [2.45, 2.75) is 55.7 Å². The molecule has 0 saturated carbocycles. The molecule has 6 N–H and O–H groups in total. The summed E-state index contributed by atoms with van der Waals surface area (Å²) in [5, 5.41) is 65.4. The number of hydrogen-bond acceptors (Lipinski definition) is 11. The highest BCUT2D eigenvalue weighted by atomic mass is 16.7. The van der Waals surface area contributed by atoms with Crippen LogP contribution in [0.5, 0.6) is 0 Å². The molecule has 0 aromatic carbocycles. The minimum Gasteiger partial charge on any atom is -0.388 e. The van der Waals surface area contributed by atoms with Crippen molar-refractivity contribution in [3.63, 3.8) is 0 Å². The summed E-state index contributed by atoms with van der Waals surface area (Å²) in [7, 11) is 0. The van der Waals surface area contributed by atoms with Crippen LogP contribution in [0.4, 0.5) is 0 Å². The normalized spacial score (nSPS) is 42.5. The van der Waals surface area contributed by atoms with Crippen molar-refractivity contribution in [2.75, 3.05) is 13.2 Å².